The molecule has 2 aliphatic rings. The standard InChI is InChI=1S/C22H20O12/c1-6-13-9(4-11(25)14(6)21(31)32)16(26)8-2-7(3-10(24)15(8)18(13)28)33-22-20(30)19(29)17(27)12(5-23)34-22/h2-4,12,17,19-20,22-25,27,29-30H,5H2,1H3,(H,31,32)/t12-,17-,19-,20+,22-/m1/s1. The second-order valence-corrected chi connectivity index (χ2v) is 7.96. The molecule has 1 saturated heterocycles. The molecular formula is C22H20O12. The monoisotopic (exact) mass is 476 g/mol. The van der Waals surface area contributed by atoms with Crippen LogP contribution in [0, 0.1) is 6.92 Å². The Morgan fingerprint density at radius 1 is 0.941 bits per heavy atom. The number of ether oxygens (including phenoxy) is 2. The van der Waals surface area contributed by atoms with Crippen molar-refractivity contribution in [2.45, 2.75) is 37.6 Å². The number of carboxylic acids is 1. The van der Waals surface area contributed by atoms with E-state index in [1.807, 2.05) is 0 Å². The van der Waals surface area contributed by atoms with Gasteiger partial charge < -0.3 is 45.2 Å². The summed E-state index contributed by atoms with van der Waals surface area (Å²) in [6, 6.07) is 2.87. The maximum absolute atomic E-state index is 13.1. The highest BCUT2D eigenvalue weighted by Gasteiger charge is 2.45. The van der Waals surface area contributed by atoms with Gasteiger partial charge in [-0.15, -0.1) is 0 Å². The molecule has 1 heterocycles. The summed E-state index contributed by atoms with van der Waals surface area (Å²) in [5.41, 5.74) is -1.98. The van der Waals surface area contributed by atoms with Gasteiger partial charge in [0.05, 0.1) is 12.2 Å². The predicted molar refractivity (Wildman–Crippen MR) is 109 cm³/mol. The number of aromatic carboxylic acids is 1. The summed E-state index contributed by atoms with van der Waals surface area (Å²) in [5, 5.41) is 69.2. The Bertz CT molecular complexity index is 1220. The van der Waals surface area contributed by atoms with Gasteiger partial charge in [-0.3, -0.25) is 9.59 Å². The fourth-order valence-corrected chi connectivity index (χ4v) is 4.20. The zero-order chi connectivity index (χ0) is 25.1. The molecule has 0 spiro atoms. The topological polar surface area (TPSA) is 211 Å². The van der Waals surface area contributed by atoms with Crippen LogP contribution in [0.5, 0.6) is 17.2 Å². The second kappa shape index (κ2) is 8.34. The van der Waals surface area contributed by atoms with E-state index in [4.69, 9.17) is 9.47 Å². The summed E-state index contributed by atoms with van der Waals surface area (Å²) in [6.07, 6.45) is -7.99. The number of aliphatic hydroxyl groups is 4. The van der Waals surface area contributed by atoms with E-state index in [1.165, 1.54) is 6.92 Å². The molecule has 1 aliphatic carbocycles. The van der Waals surface area contributed by atoms with E-state index >= 15 is 0 Å². The predicted octanol–water partition coefficient (Wildman–Crippen LogP) is -0.941. The molecule has 180 valence electrons. The van der Waals surface area contributed by atoms with Crippen LogP contribution in [-0.2, 0) is 4.74 Å². The Morgan fingerprint density at radius 3 is 2.21 bits per heavy atom. The van der Waals surface area contributed by atoms with Crippen molar-refractivity contribution < 1.29 is 59.6 Å². The average molecular weight is 476 g/mol. The number of carbonyl (C=O) groups excluding carboxylic acids is 2. The molecule has 0 radical (unpaired) electrons. The quantitative estimate of drug-likeness (QED) is 0.243. The van der Waals surface area contributed by atoms with Gasteiger partial charge in [-0.2, -0.15) is 0 Å². The van der Waals surface area contributed by atoms with Crippen LogP contribution in [-0.4, -0.2) is 90.6 Å². The minimum absolute atomic E-state index is 0.146. The number of aromatic hydroxyl groups is 2. The number of aliphatic hydroxyl groups excluding tert-OH is 4. The van der Waals surface area contributed by atoms with Gasteiger partial charge in [0.2, 0.25) is 6.29 Å². The maximum atomic E-state index is 13.1. The number of benzene rings is 2. The van der Waals surface area contributed by atoms with Crippen LogP contribution in [0.15, 0.2) is 18.2 Å². The molecule has 1 fully saturated rings. The summed E-state index contributed by atoms with van der Waals surface area (Å²) >= 11 is 0. The number of phenols is 2. The van der Waals surface area contributed by atoms with Crippen LogP contribution in [0.3, 0.4) is 0 Å². The Labute approximate surface area is 190 Å². The smallest absolute Gasteiger partial charge is 0.339 e. The Hall–Kier alpha value is -3.55. The first kappa shape index (κ1) is 23.6. The lowest BCUT2D eigenvalue weighted by atomic mass is 9.80. The molecule has 7 N–H and O–H groups in total. The molecule has 34 heavy (non-hydrogen) atoms. The van der Waals surface area contributed by atoms with Gasteiger partial charge in [-0.1, -0.05) is 0 Å². The summed E-state index contributed by atoms with van der Waals surface area (Å²) in [6.45, 7) is 0.553. The van der Waals surface area contributed by atoms with E-state index in [-0.39, 0.29) is 28.0 Å². The van der Waals surface area contributed by atoms with Crippen molar-refractivity contribution in [3.63, 3.8) is 0 Å². The summed E-state index contributed by atoms with van der Waals surface area (Å²) in [4.78, 5) is 37.7. The summed E-state index contributed by atoms with van der Waals surface area (Å²) < 4.78 is 10.7. The Kier molecular flexibility index (Phi) is 5.79. The average Bonchev–Trinajstić information content (AvgIpc) is 2.76. The third-order valence-electron chi connectivity index (χ3n) is 5.91. The number of rotatable bonds is 4. The molecule has 2 aromatic rings. The van der Waals surface area contributed by atoms with Gasteiger partial charge in [0, 0.05) is 22.8 Å². The van der Waals surface area contributed by atoms with Crippen LogP contribution in [0.1, 0.15) is 47.8 Å². The van der Waals surface area contributed by atoms with Crippen molar-refractivity contribution in [2.75, 3.05) is 6.61 Å². The molecular weight excluding hydrogens is 456 g/mol. The number of hydrogen-bond acceptors (Lipinski definition) is 11. The third kappa shape index (κ3) is 3.48. The number of carboxylic acid groups (broad SMARTS) is 1. The van der Waals surface area contributed by atoms with Crippen LogP contribution in [0.25, 0.3) is 0 Å². The van der Waals surface area contributed by atoms with E-state index in [2.05, 4.69) is 0 Å². The van der Waals surface area contributed by atoms with E-state index in [0.29, 0.717) is 0 Å². The Morgan fingerprint density at radius 2 is 1.59 bits per heavy atom. The zero-order valence-electron chi connectivity index (χ0n) is 17.5. The van der Waals surface area contributed by atoms with Crippen LogP contribution < -0.4 is 4.74 Å². The maximum Gasteiger partial charge on any atom is 0.339 e. The van der Waals surface area contributed by atoms with E-state index in [0.717, 1.165) is 18.2 Å². The number of fused-ring (bicyclic) bond motifs is 2. The van der Waals surface area contributed by atoms with Crippen LogP contribution >= 0.6 is 0 Å². The lowest BCUT2D eigenvalue weighted by Gasteiger charge is -2.39. The van der Waals surface area contributed by atoms with Crippen molar-refractivity contribution in [1.82, 2.24) is 0 Å². The lowest BCUT2D eigenvalue weighted by molar-refractivity contribution is -0.277. The molecule has 0 bridgehead atoms. The van der Waals surface area contributed by atoms with Gasteiger partial charge in [-0.05, 0) is 24.6 Å². The normalized spacial score (nSPS) is 26.1. The highest BCUT2D eigenvalue weighted by Crippen LogP contribution is 2.40. The first-order valence-electron chi connectivity index (χ1n) is 10.0. The number of ketones is 2. The third-order valence-corrected chi connectivity index (χ3v) is 5.91. The molecule has 0 saturated carbocycles. The largest absolute Gasteiger partial charge is 0.507 e. The van der Waals surface area contributed by atoms with Crippen molar-refractivity contribution in [3.8, 4) is 17.2 Å². The van der Waals surface area contributed by atoms with E-state index < -0.39 is 77.5 Å². The molecule has 2 aromatic carbocycles. The molecule has 12 heteroatoms. The molecule has 5 atom stereocenters. The molecule has 1 aliphatic heterocycles. The van der Waals surface area contributed by atoms with Crippen molar-refractivity contribution >= 4 is 17.5 Å². The van der Waals surface area contributed by atoms with Crippen molar-refractivity contribution in [3.05, 3.63) is 51.6 Å². The first-order valence-corrected chi connectivity index (χ1v) is 10.0. The Balaban J connectivity index is 1.75. The van der Waals surface area contributed by atoms with E-state index in [1.54, 1.807) is 0 Å². The first-order chi connectivity index (χ1) is 16.0. The van der Waals surface area contributed by atoms with Gasteiger partial charge in [0.25, 0.3) is 0 Å². The molecule has 0 aromatic heterocycles. The summed E-state index contributed by atoms with van der Waals surface area (Å²) in [7, 11) is 0. The summed E-state index contributed by atoms with van der Waals surface area (Å²) in [5.74, 6) is -4.82. The molecule has 0 unspecified atom stereocenters. The van der Waals surface area contributed by atoms with Crippen LogP contribution in [0.2, 0.25) is 0 Å². The van der Waals surface area contributed by atoms with E-state index in [9.17, 15) is 50.1 Å². The second-order valence-electron chi connectivity index (χ2n) is 7.96. The van der Waals surface area contributed by atoms with Gasteiger partial charge in [-0.25, -0.2) is 4.79 Å². The van der Waals surface area contributed by atoms with Gasteiger partial charge >= 0.3 is 5.97 Å². The fraction of sp³-hybridized carbons (Fsp3) is 0.318. The zero-order valence-corrected chi connectivity index (χ0v) is 17.5. The minimum Gasteiger partial charge on any atom is -0.507 e. The number of phenolic OH excluding ortho intramolecular Hbond substituents is 1. The number of carbonyl (C=O) groups is 3. The van der Waals surface area contributed by atoms with Crippen molar-refractivity contribution in [1.29, 1.82) is 0 Å². The fourth-order valence-electron chi connectivity index (χ4n) is 4.20. The van der Waals surface area contributed by atoms with Gasteiger partial charge in [0.1, 0.15) is 47.2 Å². The molecule has 0 amide bonds. The molecule has 4 rings (SSSR count). The SMILES string of the molecule is Cc1c(C(=O)O)c(O)cc2c1C(=O)c1c(O)cc(O[C@@H]3O[C@H](CO)[C@@H](O)[C@@H](O)[C@@H]3O)cc1C2=O. The van der Waals surface area contributed by atoms with Crippen LogP contribution in [0.4, 0.5) is 0 Å². The highest BCUT2D eigenvalue weighted by atomic mass is 16.7. The van der Waals surface area contributed by atoms with Gasteiger partial charge in [0.15, 0.2) is 11.6 Å². The number of hydrogen-bond donors (Lipinski definition) is 7. The highest BCUT2D eigenvalue weighted by molar-refractivity contribution is 6.30. The van der Waals surface area contributed by atoms with Crippen molar-refractivity contribution in [2.24, 2.45) is 0 Å². The molecule has 12 nitrogen and oxygen atoms in total. The minimum atomic E-state index is -1.76. The lowest BCUT2D eigenvalue weighted by Crippen LogP contribution is -2.60.